The molecule has 0 aliphatic carbocycles. The quantitative estimate of drug-likeness (QED) is 0.826. The van der Waals surface area contributed by atoms with Crippen LogP contribution in [0, 0.1) is 13.8 Å². The monoisotopic (exact) mass is 385 g/mol. The third-order valence-corrected chi connectivity index (χ3v) is 5.39. The van der Waals surface area contributed by atoms with Gasteiger partial charge in [0.1, 0.15) is 0 Å². The molecule has 1 atom stereocenters. The Morgan fingerprint density at radius 2 is 1.96 bits per heavy atom. The van der Waals surface area contributed by atoms with Gasteiger partial charge in [0.2, 0.25) is 0 Å². The van der Waals surface area contributed by atoms with Crippen LogP contribution in [-0.4, -0.2) is 58.0 Å². The molecule has 1 amide bonds. The van der Waals surface area contributed by atoms with Gasteiger partial charge in [-0.3, -0.25) is 9.59 Å². The summed E-state index contributed by atoms with van der Waals surface area (Å²) in [6.45, 7) is 5.21. The summed E-state index contributed by atoms with van der Waals surface area (Å²) in [7, 11) is 1.69. The topological polar surface area (TPSA) is 84.7 Å². The van der Waals surface area contributed by atoms with Crippen LogP contribution in [0.25, 0.3) is 5.69 Å². The van der Waals surface area contributed by atoms with E-state index in [0.717, 1.165) is 42.0 Å². The van der Waals surface area contributed by atoms with Gasteiger partial charge in [0, 0.05) is 37.9 Å². The molecule has 2 aromatic rings. The number of benzene rings is 1. The van der Waals surface area contributed by atoms with Gasteiger partial charge in [-0.15, -0.1) is 0 Å². The second kappa shape index (κ2) is 8.56. The molecular formula is C21H27N3O4. The van der Waals surface area contributed by atoms with Gasteiger partial charge >= 0.3 is 5.97 Å². The Hall–Kier alpha value is -2.67. The lowest BCUT2D eigenvalue weighted by Crippen LogP contribution is -2.42. The summed E-state index contributed by atoms with van der Waals surface area (Å²) >= 11 is 0. The van der Waals surface area contributed by atoms with E-state index in [1.165, 1.54) is 0 Å². The number of aryl methyl sites for hydroxylation is 1. The van der Waals surface area contributed by atoms with E-state index in [2.05, 4.69) is 5.10 Å². The number of likely N-dealkylation sites (tertiary alicyclic amines) is 1. The first-order valence-corrected chi connectivity index (χ1v) is 9.60. The summed E-state index contributed by atoms with van der Waals surface area (Å²) in [5.74, 6) is -0.799. The van der Waals surface area contributed by atoms with Crippen molar-refractivity contribution in [1.82, 2.24) is 14.7 Å². The van der Waals surface area contributed by atoms with E-state index in [-0.39, 0.29) is 18.4 Å². The van der Waals surface area contributed by atoms with Crippen LogP contribution < -0.4 is 0 Å². The number of ether oxygens (including phenoxy) is 1. The highest BCUT2D eigenvalue weighted by Crippen LogP contribution is 2.21. The molecule has 1 aromatic heterocycles. The molecule has 1 aliphatic rings. The fraction of sp³-hybridized carbons (Fsp3) is 0.476. The normalized spacial score (nSPS) is 17.0. The van der Waals surface area contributed by atoms with Gasteiger partial charge in [-0.2, -0.15) is 5.10 Å². The Labute approximate surface area is 164 Å². The minimum absolute atomic E-state index is 0.0174. The number of carboxylic acid groups (broad SMARTS) is 1. The van der Waals surface area contributed by atoms with Crippen LogP contribution in [0.4, 0.5) is 0 Å². The third-order valence-electron chi connectivity index (χ3n) is 5.39. The number of piperidine rings is 1. The Bertz CT molecular complexity index is 857. The fourth-order valence-electron chi connectivity index (χ4n) is 3.76. The summed E-state index contributed by atoms with van der Waals surface area (Å²) in [4.78, 5) is 25.5. The number of hydrogen-bond donors (Lipinski definition) is 1. The SMILES string of the molecule is COC1CCCN(C(=O)c2ccc(-n3nc(C)c(CCC(=O)O)c3C)cc2)C1. The molecule has 1 aliphatic heterocycles. The van der Waals surface area contributed by atoms with Gasteiger partial charge in [0.25, 0.3) is 5.91 Å². The minimum atomic E-state index is -0.817. The molecule has 0 spiro atoms. The van der Waals surface area contributed by atoms with Gasteiger partial charge in [0.15, 0.2) is 0 Å². The second-order valence-corrected chi connectivity index (χ2v) is 7.25. The van der Waals surface area contributed by atoms with Gasteiger partial charge in [-0.1, -0.05) is 0 Å². The van der Waals surface area contributed by atoms with Gasteiger partial charge in [0.05, 0.1) is 17.5 Å². The Morgan fingerprint density at radius 3 is 2.61 bits per heavy atom. The lowest BCUT2D eigenvalue weighted by Gasteiger charge is -2.32. The standard InChI is InChI=1S/C21H27N3O4/c1-14-19(10-11-20(25)26)15(2)24(22-14)17-8-6-16(7-9-17)21(27)23-12-4-5-18(13-23)28-3/h6-9,18H,4-5,10-13H2,1-3H3,(H,25,26). The number of hydrogen-bond acceptors (Lipinski definition) is 4. The molecule has 28 heavy (non-hydrogen) atoms. The predicted molar refractivity (Wildman–Crippen MR) is 105 cm³/mol. The van der Waals surface area contributed by atoms with Gasteiger partial charge in [-0.25, -0.2) is 4.68 Å². The zero-order valence-electron chi connectivity index (χ0n) is 16.6. The molecule has 0 saturated carbocycles. The second-order valence-electron chi connectivity index (χ2n) is 7.25. The van der Waals surface area contributed by atoms with Crippen molar-refractivity contribution in [2.24, 2.45) is 0 Å². The molecule has 1 aromatic carbocycles. The van der Waals surface area contributed by atoms with Crippen molar-refractivity contribution in [1.29, 1.82) is 0 Å². The molecule has 7 heteroatoms. The number of aromatic nitrogens is 2. The highest BCUT2D eigenvalue weighted by atomic mass is 16.5. The number of rotatable bonds is 6. The van der Waals surface area contributed by atoms with Crippen LogP contribution in [0.1, 0.15) is 46.6 Å². The van der Waals surface area contributed by atoms with Crippen LogP contribution in [0.15, 0.2) is 24.3 Å². The molecule has 1 unspecified atom stereocenters. The first-order valence-electron chi connectivity index (χ1n) is 9.60. The highest BCUT2D eigenvalue weighted by molar-refractivity contribution is 5.94. The summed E-state index contributed by atoms with van der Waals surface area (Å²) in [6, 6.07) is 7.40. The lowest BCUT2D eigenvalue weighted by molar-refractivity contribution is -0.136. The van der Waals surface area contributed by atoms with E-state index in [4.69, 9.17) is 9.84 Å². The fourth-order valence-corrected chi connectivity index (χ4v) is 3.76. The molecule has 0 bridgehead atoms. The maximum Gasteiger partial charge on any atom is 0.303 e. The summed E-state index contributed by atoms with van der Waals surface area (Å²) in [6.07, 6.45) is 2.59. The van der Waals surface area contributed by atoms with E-state index < -0.39 is 5.97 Å². The summed E-state index contributed by atoms with van der Waals surface area (Å²) in [5, 5.41) is 13.5. The first kappa shape index (κ1) is 20.1. The average Bonchev–Trinajstić information content (AvgIpc) is 2.99. The largest absolute Gasteiger partial charge is 0.481 e. The maximum absolute atomic E-state index is 12.8. The first-order chi connectivity index (χ1) is 13.4. The number of carbonyl (C=O) groups is 2. The zero-order valence-corrected chi connectivity index (χ0v) is 16.6. The van der Waals surface area contributed by atoms with E-state index in [1.807, 2.05) is 47.7 Å². The van der Waals surface area contributed by atoms with E-state index in [0.29, 0.717) is 18.5 Å². The predicted octanol–water partition coefficient (Wildman–Crippen LogP) is 2.76. The Balaban J connectivity index is 1.76. The molecule has 0 radical (unpaired) electrons. The van der Waals surface area contributed by atoms with Gasteiger partial charge in [-0.05, 0) is 62.9 Å². The molecule has 150 valence electrons. The van der Waals surface area contributed by atoms with Crippen LogP contribution in [0.2, 0.25) is 0 Å². The Kier molecular flexibility index (Phi) is 6.14. The summed E-state index contributed by atoms with van der Waals surface area (Å²) in [5.41, 5.74) is 4.22. The molecule has 3 rings (SSSR count). The van der Waals surface area contributed by atoms with Crippen LogP contribution in [0.5, 0.6) is 0 Å². The zero-order chi connectivity index (χ0) is 20.3. The molecule has 1 saturated heterocycles. The smallest absolute Gasteiger partial charge is 0.303 e. The number of methoxy groups -OCH3 is 1. The van der Waals surface area contributed by atoms with Crippen molar-refractivity contribution in [3.05, 3.63) is 46.8 Å². The van der Waals surface area contributed by atoms with Crippen molar-refractivity contribution in [3.63, 3.8) is 0 Å². The molecular weight excluding hydrogens is 358 g/mol. The van der Waals surface area contributed by atoms with E-state index in [9.17, 15) is 9.59 Å². The van der Waals surface area contributed by atoms with Crippen LogP contribution in [0.3, 0.4) is 0 Å². The van der Waals surface area contributed by atoms with Crippen molar-refractivity contribution in [2.45, 2.75) is 45.6 Å². The number of nitrogens with zero attached hydrogens (tertiary/aromatic N) is 3. The molecule has 7 nitrogen and oxygen atoms in total. The average molecular weight is 385 g/mol. The van der Waals surface area contributed by atoms with Crippen LogP contribution in [-0.2, 0) is 16.0 Å². The number of aliphatic carboxylic acids is 1. The number of amides is 1. The van der Waals surface area contributed by atoms with Crippen molar-refractivity contribution >= 4 is 11.9 Å². The van der Waals surface area contributed by atoms with E-state index in [1.54, 1.807) is 7.11 Å². The van der Waals surface area contributed by atoms with E-state index >= 15 is 0 Å². The third kappa shape index (κ3) is 4.25. The van der Waals surface area contributed by atoms with Gasteiger partial charge < -0.3 is 14.7 Å². The Morgan fingerprint density at radius 1 is 1.25 bits per heavy atom. The minimum Gasteiger partial charge on any atom is -0.481 e. The highest BCUT2D eigenvalue weighted by Gasteiger charge is 2.24. The number of carboxylic acids is 1. The molecule has 1 N–H and O–H groups in total. The molecule has 2 heterocycles. The molecule has 1 fully saturated rings. The number of carbonyl (C=O) groups excluding carboxylic acids is 1. The van der Waals surface area contributed by atoms with Crippen molar-refractivity contribution < 1.29 is 19.4 Å². The summed E-state index contributed by atoms with van der Waals surface area (Å²) < 4.78 is 7.21. The van der Waals surface area contributed by atoms with Crippen LogP contribution >= 0.6 is 0 Å². The van der Waals surface area contributed by atoms with Crippen molar-refractivity contribution in [3.8, 4) is 5.69 Å². The van der Waals surface area contributed by atoms with Crippen molar-refractivity contribution in [2.75, 3.05) is 20.2 Å². The lowest BCUT2D eigenvalue weighted by atomic mass is 10.1. The maximum atomic E-state index is 12.8.